The summed E-state index contributed by atoms with van der Waals surface area (Å²) in [5.41, 5.74) is 3.27. The van der Waals surface area contributed by atoms with Gasteiger partial charge >= 0.3 is 0 Å². The third kappa shape index (κ3) is 7.14. The van der Waals surface area contributed by atoms with Crippen LogP contribution in [0.2, 0.25) is 0 Å². The van der Waals surface area contributed by atoms with Crippen LogP contribution in [-0.2, 0) is 34.5 Å². The van der Waals surface area contributed by atoms with Gasteiger partial charge in [0, 0.05) is 56.7 Å². The molecule has 0 saturated heterocycles. The quantitative estimate of drug-likeness (QED) is 0.478. The molecule has 10 nitrogen and oxygen atoms in total. The Kier molecular flexibility index (Phi) is 9.70. The van der Waals surface area contributed by atoms with Crippen molar-refractivity contribution in [2.45, 2.75) is 77.4 Å². The maximum atomic E-state index is 13.3. The number of hydrogen-bond donors (Lipinski definition) is 1. The molecular formula is C29H38N6O4S. The molecule has 214 valence electrons. The van der Waals surface area contributed by atoms with Crippen molar-refractivity contribution in [2.75, 3.05) is 18.0 Å². The number of benzene rings is 1. The number of carbonyl (C=O) groups excluding carboxylic acids is 2. The molecule has 2 aromatic heterocycles. The van der Waals surface area contributed by atoms with Gasteiger partial charge in [0.2, 0.25) is 5.91 Å². The minimum absolute atomic E-state index is 0.0283. The molecule has 0 aliphatic carbocycles. The molecule has 1 aromatic carbocycles. The molecule has 0 spiro atoms. The van der Waals surface area contributed by atoms with Gasteiger partial charge in [0.1, 0.15) is 4.90 Å². The van der Waals surface area contributed by atoms with Gasteiger partial charge in [-0.1, -0.05) is 25.3 Å². The summed E-state index contributed by atoms with van der Waals surface area (Å²) in [5, 5.41) is 4.09. The van der Waals surface area contributed by atoms with E-state index < -0.39 is 15.9 Å². The Morgan fingerprint density at radius 3 is 2.45 bits per heavy atom. The molecule has 1 aliphatic heterocycles. The summed E-state index contributed by atoms with van der Waals surface area (Å²) >= 11 is 0. The largest absolute Gasteiger partial charge is 0.312 e. The molecule has 0 saturated carbocycles. The average molecular weight is 567 g/mol. The molecule has 0 radical (unpaired) electrons. The highest BCUT2D eigenvalue weighted by Crippen LogP contribution is 2.27. The van der Waals surface area contributed by atoms with Crippen LogP contribution in [0.3, 0.4) is 0 Å². The zero-order chi connectivity index (χ0) is 28.7. The van der Waals surface area contributed by atoms with E-state index in [1.807, 2.05) is 25.3 Å². The number of carbonyl (C=O) groups is 2. The minimum Gasteiger partial charge on any atom is -0.312 e. The maximum absolute atomic E-state index is 13.3. The van der Waals surface area contributed by atoms with E-state index in [2.05, 4.69) is 19.7 Å². The van der Waals surface area contributed by atoms with E-state index in [9.17, 15) is 18.0 Å². The van der Waals surface area contributed by atoms with E-state index >= 15 is 0 Å². The molecule has 3 aromatic rings. The Balaban J connectivity index is 1.68. The summed E-state index contributed by atoms with van der Waals surface area (Å²) in [6.07, 6.45) is 10.0. The monoisotopic (exact) mass is 566 g/mol. The Morgan fingerprint density at radius 1 is 1.02 bits per heavy atom. The van der Waals surface area contributed by atoms with Gasteiger partial charge in [0.15, 0.2) is 0 Å². The molecule has 2 amide bonds. The molecule has 3 heterocycles. The van der Waals surface area contributed by atoms with Crippen LogP contribution in [0.1, 0.15) is 73.1 Å². The van der Waals surface area contributed by atoms with Crippen molar-refractivity contribution >= 4 is 27.5 Å². The number of pyridine rings is 1. The van der Waals surface area contributed by atoms with Crippen LogP contribution in [-0.4, -0.2) is 53.0 Å². The van der Waals surface area contributed by atoms with Gasteiger partial charge in [0.25, 0.3) is 15.9 Å². The van der Waals surface area contributed by atoms with Crippen molar-refractivity contribution in [2.24, 2.45) is 0 Å². The SMILES string of the molecule is CCn1ncc(S(=O)(=O)NC(=O)c2ccc3c(c2)CN(Cc2cccnc2)CCCCCCCN3C(C)=O)c1C. The van der Waals surface area contributed by atoms with Gasteiger partial charge in [-0.25, -0.2) is 13.1 Å². The first-order valence-corrected chi connectivity index (χ1v) is 15.3. The standard InChI is InChI=1S/C29H38N6O4S/c1-4-35-22(2)28(19-31-35)40(38,39)32-29(37)25-12-13-27-26(17-25)21-33(20-24-11-10-14-30-18-24)15-8-6-5-7-9-16-34(27)23(3)36/h10-14,17-19H,4-9,15-16,20-21H2,1-3H3,(H,32,37). The van der Waals surface area contributed by atoms with Gasteiger partial charge in [-0.05, 0) is 68.6 Å². The first-order chi connectivity index (χ1) is 19.2. The molecule has 11 heteroatoms. The lowest BCUT2D eigenvalue weighted by atomic mass is 10.0. The van der Waals surface area contributed by atoms with E-state index in [0.717, 1.165) is 55.5 Å². The third-order valence-corrected chi connectivity index (χ3v) is 8.70. The Bertz CT molecular complexity index is 1440. The molecular weight excluding hydrogens is 528 g/mol. The fourth-order valence-electron chi connectivity index (χ4n) is 5.15. The predicted octanol–water partition coefficient (Wildman–Crippen LogP) is 4.04. The summed E-state index contributed by atoms with van der Waals surface area (Å²) in [5.74, 6) is -0.800. The second kappa shape index (κ2) is 13.2. The zero-order valence-corrected chi connectivity index (χ0v) is 24.3. The summed E-state index contributed by atoms with van der Waals surface area (Å²) in [7, 11) is -4.12. The van der Waals surface area contributed by atoms with E-state index in [1.165, 1.54) is 6.20 Å². The van der Waals surface area contributed by atoms with Gasteiger partial charge < -0.3 is 4.90 Å². The number of nitrogens with one attached hydrogen (secondary N) is 1. The van der Waals surface area contributed by atoms with Crippen LogP contribution in [0.15, 0.2) is 53.8 Å². The first kappa shape index (κ1) is 29.4. The van der Waals surface area contributed by atoms with Crippen molar-refractivity contribution < 1.29 is 18.0 Å². The predicted molar refractivity (Wildman–Crippen MR) is 153 cm³/mol. The summed E-state index contributed by atoms with van der Waals surface area (Å²) in [4.78, 5) is 34.2. The molecule has 1 N–H and O–H groups in total. The molecule has 0 atom stereocenters. The molecule has 0 unspecified atom stereocenters. The fourth-order valence-corrected chi connectivity index (χ4v) is 6.30. The number of aromatic nitrogens is 3. The highest BCUT2D eigenvalue weighted by Gasteiger charge is 2.25. The normalized spacial score (nSPS) is 15.5. The summed E-state index contributed by atoms with van der Waals surface area (Å²) in [6, 6.07) is 8.99. The molecule has 0 fully saturated rings. The van der Waals surface area contributed by atoms with Crippen LogP contribution in [0.25, 0.3) is 0 Å². The summed E-state index contributed by atoms with van der Waals surface area (Å²) < 4.78 is 29.9. The number of hydrogen-bond acceptors (Lipinski definition) is 7. The number of aryl methyl sites for hydroxylation is 1. The van der Waals surface area contributed by atoms with Gasteiger partial charge in [-0.15, -0.1) is 0 Å². The van der Waals surface area contributed by atoms with Crippen molar-refractivity contribution in [3.05, 3.63) is 71.3 Å². The van der Waals surface area contributed by atoms with Crippen LogP contribution in [0.4, 0.5) is 5.69 Å². The van der Waals surface area contributed by atoms with Crippen molar-refractivity contribution in [3.63, 3.8) is 0 Å². The van der Waals surface area contributed by atoms with Gasteiger partial charge in [-0.3, -0.25) is 24.2 Å². The lowest BCUT2D eigenvalue weighted by molar-refractivity contribution is -0.116. The first-order valence-electron chi connectivity index (χ1n) is 13.8. The molecule has 1 aliphatic rings. The zero-order valence-electron chi connectivity index (χ0n) is 23.5. The molecule has 0 bridgehead atoms. The lowest BCUT2D eigenvalue weighted by Gasteiger charge is -2.29. The number of amides is 2. The number of rotatable bonds is 6. The summed E-state index contributed by atoms with van der Waals surface area (Å²) in [6.45, 7) is 8.18. The van der Waals surface area contributed by atoms with Crippen molar-refractivity contribution in [3.8, 4) is 0 Å². The van der Waals surface area contributed by atoms with Crippen LogP contribution in [0.5, 0.6) is 0 Å². The number of sulfonamides is 1. The number of fused-ring (bicyclic) bond motifs is 1. The van der Waals surface area contributed by atoms with Gasteiger partial charge in [0.05, 0.1) is 11.9 Å². The molecule has 4 rings (SSSR count). The maximum Gasteiger partial charge on any atom is 0.267 e. The van der Waals surface area contributed by atoms with E-state index in [1.54, 1.807) is 47.8 Å². The fraction of sp³-hybridized carbons (Fsp3) is 0.448. The Morgan fingerprint density at radius 2 is 1.77 bits per heavy atom. The van der Waals surface area contributed by atoms with Crippen LogP contribution >= 0.6 is 0 Å². The topological polar surface area (TPSA) is 118 Å². The smallest absolute Gasteiger partial charge is 0.267 e. The van der Waals surface area contributed by atoms with E-state index in [0.29, 0.717) is 31.9 Å². The van der Waals surface area contributed by atoms with Crippen molar-refractivity contribution in [1.82, 2.24) is 24.4 Å². The average Bonchev–Trinajstić information content (AvgIpc) is 3.31. The Labute approximate surface area is 236 Å². The van der Waals surface area contributed by atoms with Crippen LogP contribution in [0, 0.1) is 6.92 Å². The van der Waals surface area contributed by atoms with Crippen molar-refractivity contribution in [1.29, 1.82) is 0 Å². The third-order valence-electron chi connectivity index (χ3n) is 7.27. The van der Waals surface area contributed by atoms with E-state index in [-0.39, 0.29) is 16.4 Å². The molecule has 40 heavy (non-hydrogen) atoms. The Hall–Kier alpha value is -3.57. The number of nitrogens with zero attached hydrogens (tertiary/aromatic N) is 5. The highest BCUT2D eigenvalue weighted by atomic mass is 32.2. The second-order valence-electron chi connectivity index (χ2n) is 10.2. The van der Waals surface area contributed by atoms with Crippen LogP contribution < -0.4 is 9.62 Å². The second-order valence-corrected chi connectivity index (χ2v) is 11.8. The minimum atomic E-state index is -4.12. The van der Waals surface area contributed by atoms with Gasteiger partial charge in [-0.2, -0.15) is 5.10 Å². The van der Waals surface area contributed by atoms with E-state index in [4.69, 9.17) is 0 Å². The number of anilines is 1. The lowest BCUT2D eigenvalue weighted by Crippen LogP contribution is -2.33. The highest BCUT2D eigenvalue weighted by molar-refractivity contribution is 7.90.